The highest BCUT2D eigenvalue weighted by atomic mass is 32.2. The average molecular weight is 342 g/mol. The second kappa shape index (κ2) is 5.76. The number of carboxylic acids is 2. The van der Waals surface area contributed by atoms with Crippen molar-refractivity contribution in [3.63, 3.8) is 0 Å². The molecule has 0 heterocycles. The molecule has 0 fully saturated rings. The number of hydrogen-bond acceptors (Lipinski definition) is 4. The third-order valence-corrected chi connectivity index (χ3v) is 4.71. The number of hydrogen-bond donors (Lipinski definition) is 2. The number of carboxylic acid groups (broad SMARTS) is 2. The lowest BCUT2D eigenvalue weighted by atomic mass is 10.2. The summed E-state index contributed by atoms with van der Waals surface area (Å²) in [5, 5.41) is 17.6. The molecular weight excluding hydrogens is 334 g/mol. The molecule has 120 valence electrons. The topological polar surface area (TPSA) is 109 Å². The van der Waals surface area contributed by atoms with Crippen molar-refractivity contribution in [1.29, 1.82) is 0 Å². The summed E-state index contributed by atoms with van der Waals surface area (Å²) in [6, 6.07) is 4.21. The van der Waals surface area contributed by atoms with Crippen LogP contribution in [0.4, 0.5) is 8.78 Å². The summed E-state index contributed by atoms with van der Waals surface area (Å²) in [4.78, 5) is 20.6. The fourth-order valence-corrected chi connectivity index (χ4v) is 3.12. The Bertz CT molecular complexity index is 851. The zero-order valence-electron chi connectivity index (χ0n) is 11.2. The lowest BCUT2D eigenvalue weighted by Gasteiger charge is -2.07. The lowest BCUT2D eigenvalue weighted by molar-refractivity contribution is 0.0680. The van der Waals surface area contributed by atoms with E-state index in [1.165, 1.54) is 0 Å². The van der Waals surface area contributed by atoms with Crippen LogP contribution in [-0.2, 0) is 9.84 Å². The molecule has 2 N–H and O–H groups in total. The quantitative estimate of drug-likeness (QED) is 0.825. The highest BCUT2D eigenvalue weighted by Crippen LogP contribution is 2.24. The van der Waals surface area contributed by atoms with Crippen molar-refractivity contribution in [3.8, 4) is 0 Å². The zero-order chi connectivity index (χ0) is 17.4. The fraction of sp³-hybridized carbons (Fsp3) is 0. The Hall–Kier alpha value is -2.81. The van der Waals surface area contributed by atoms with Crippen LogP contribution in [0.3, 0.4) is 0 Å². The molecule has 0 bridgehead atoms. The number of halogens is 2. The fourth-order valence-electron chi connectivity index (χ4n) is 1.81. The molecule has 0 unspecified atom stereocenters. The van der Waals surface area contributed by atoms with Crippen LogP contribution in [0.2, 0.25) is 0 Å². The van der Waals surface area contributed by atoms with Crippen LogP contribution in [0.15, 0.2) is 46.2 Å². The normalized spacial score (nSPS) is 11.2. The highest BCUT2D eigenvalue weighted by molar-refractivity contribution is 7.91. The highest BCUT2D eigenvalue weighted by Gasteiger charge is 2.23. The van der Waals surface area contributed by atoms with Gasteiger partial charge < -0.3 is 10.2 Å². The molecule has 9 heteroatoms. The Morgan fingerprint density at radius 2 is 1.13 bits per heavy atom. The Kier molecular flexibility index (Phi) is 4.15. The van der Waals surface area contributed by atoms with Crippen LogP contribution in [0.1, 0.15) is 20.7 Å². The van der Waals surface area contributed by atoms with Crippen LogP contribution in [0.25, 0.3) is 0 Å². The molecule has 0 aliphatic carbocycles. The van der Waals surface area contributed by atoms with Crippen molar-refractivity contribution in [1.82, 2.24) is 0 Å². The van der Waals surface area contributed by atoms with E-state index in [1.807, 2.05) is 0 Å². The molecule has 2 rings (SSSR count). The monoisotopic (exact) mass is 342 g/mol. The summed E-state index contributed by atoms with van der Waals surface area (Å²) < 4.78 is 51.4. The van der Waals surface area contributed by atoms with Gasteiger partial charge in [0.05, 0.1) is 20.9 Å². The van der Waals surface area contributed by atoms with E-state index in [-0.39, 0.29) is 0 Å². The maximum Gasteiger partial charge on any atom is 0.338 e. The first-order valence-electron chi connectivity index (χ1n) is 5.95. The predicted octanol–water partition coefficient (Wildman–Crippen LogP) is 2.19. The number of benzene rings is 2. The molecule has 2 aromatic carbocycles. The van der Waals surface area contributed by atoms with Gasteiger partial charge in [0.15, 0.2) is 0 Å². The summed E-state index contributed by atoms with van der Waals surface area (Å²) in [5.41, 5.74) is -1.71. The third kappa shape index (κ3) is 3.04. The van der Waals surface area contributed by atoms with E-state index in [1.54, 1.807) is 0 Å². The minimum atomic E-state index is -4.34. The molecule has 0 saturated carbocycles. The van der Waals surface area contributed by atoms with Crippen LogP contribution in [-0.4, -0.2) is 30.6 Å². The van der Waals surface area contributed by atoms with Crippen LogP contribution in [0.5, 0.6) is 0 Å². The predicted molar refractivity (Wildman–Crippen MR) is 72.2 cm³/mol. The molecule has 0 aliphatic heterocycles. The summed E-state index contributed by atoms with van der Waals surface area (Å²) in [6.45, 7) is 0. The average Bonchev–Trinajstić information content (AvgIpc) is 2.47. The molecule has 6 nitrogen and oxygen atoms in total. The minimum Gasteiger partial charge on any atom is -0.478 e. The minimum absolute atomic E-state index is 0.556. The van der Waals surface area contributed by atoms with Crippen LogP contribution < -0.4 is 0 Å². The largest absolute Gasteiger partial charge is 0.478 e. The third-order valence-electron chi connectivity index (χ3n) is 2.96. The van der Waals surface area contributed by atoms with Crippen molar-refractivity contribution < 1.29 is 37.0 Å². The van der Waals surface area contributed by atoms with Gasteiger partial charge in [0.25, 0.3) is 0 Å². The molecule has 0 spiro atoms. The van der Waals surface area contributed by atoms with Crippen molar-refractivity contribution >= 4 is 21.8 Å². The first kappa shape index (κ1) is 16.6. The second-order valence-electron chi connectivity index (χ2n) is 4.40. The van der Waals surface area contributed by atoms with Gasteiger partial charge in [-0.05, 0) is 36.4 Å². The van der Waals surface area contributed by atoms with Gasteiger partial charge in [-0.25, -0.2) is 26.8 Å². The molecule has 0 atom stereocenters. The van der Waals surface area contributed by atoms with E-state index in [9.17, 15) is 26.8 Å². The second-order valence-corrected chi connectivity index (χ2v) is 6.35. The van der Waals surface area contributed by atoms with E-state index < -0.39 is 54.3 Å². The number of rotatable bonds is 4. The van der Waals surface area contributed by atoms with E-state index in [0.717, 1.165) is 12.1 Å². The summed E-state index contributed by atoms with van der Waals surface area (Å²) >= 11 is 0. The standard InChI is InChI=1S/C14H8F2O6S/c15-11-3-1-7(5-9(11)13(17)18)23(21,22)8-2-4-12(16)10(6-8)14(19)20/h1-6H,(H,17,18)(H,19,20). The zero-order valence-corrected chi connectivity index (χ0v) is 12.0. The molecule has 0 aliphatic rings. The van der Waals surface area contributed by atoms with Crippen LogP contribution in [0, 0.1) is 11.6 Å². The summed E-state index contributed by atoms with van der Waals surface area (Å²) in [6.07, 6.45) is 0. The SMILES string of the molecule is O=C(O)c1cc(S(=O)(=O)c2ccc(F)c(C(=O)O)c2)ccc1F. The van der Waals surface area contributed by atoms with Gasteiger partial charge in [0.1, 0.15) is 11.6 Å². The Morgan fingerprint density at radius 1 is 0.783 bits per heavy atom. The Balaban J connectivity index is 2.64. The summed E-state index contributed by atoms with van der Waals surface area (Å²) in [5.74, 6) is -5.57. The van der Waals surface area contributed by atoms with Crippen LogP contribution >= 0.6 is 0 Å². The molecule has 23 heavy (non-hydrogen) atoms. The van der Waals surface area contributed by atoms with E-state index >= 15 is 0 Å². The molecule has 0 saturated heterocycles. The summed E-state index contributed by atoms with van der Waals surface area (Å²) in [7, 11) is -4.34. The number of carbonyl (C=O) groups is 2. The first-order chi connectivity index (χ1) is 10.6. The van der Waals surface area contributed by atoms with Gasteiger partial charge >= 0.3 is 11.9 Å². The van der Waals surface area contributed by atoms with Gasteiger partial charge in [0, 0.05) is 0 Å². The number of aromatic carboxylic acids is 2. The lowest BCUT2D eigenvalue weighted by Crippen LogP contribution is -2.09. The van der Waals surface area contributed by atoms with Crippen molar-refractivity contribution in [3.05, 3.63) is 59.2 Å². The molecule has 0 amide bonds. The molecular formula is C14H8F2O6S. The van der Waals surface area contributed by atoms with E-state index in [2.05, 4.69) is 0 Å². The smallest absolute Gasteiger partial charge is 0.338 e. The van der Waals surface area contributed by atoms with Gasteiger partial charge in [-0.2, -0.15) is 0 Å². The van der Waals surface area contributed by atoms with E-state index in [4.69, 9.17) is 10.2 Å². The molecule has 0 radical (unpaired) electrons. The van der Waals surface area contributed by atoms with Gasteiger partial charge in [-0.15, -0.1) is 0 Å². The maximum absolute atomic E-state index is 13.3. The van der Waals surface area contributed by atoms with Gasteiger partial charge in [-0.1, -0.05) is 0 Å². The Labute approximate surface area is 128 Å². The Morgan fingerprint density at radius 3 is 1.43 bits per heavy atom. The first-order valence-corrected chi connectivity index (χ1v) is 7.43. The van der Waals surface area contributed by atoms with E-state index in [0.29, 0.717) is 24.3 Å². The molecule has 0 aromatic heterocycles. The maximum atomic E-state index is 13.3. The van der Waals surface area contributed by atoms with Crippen molar-refractivity contribution in [2.75, 3.05) is 0 Å². The van der Waals surface area contributed by atoms with Crippen molar-refractivity contribution in [2.45, 2.75) is 9.79 Å². The molecule has 2 aromatic rings. The van der Waals surface area contributed by atoms with Gasteiger partial charge in [0.2, 0.25) is 9.84 Å². The number of sulfone groups is 1. The van der Waals surface area contributed by atoms with Crippen molar-refractivity contribution in [2.24, 2.45) is 0 Å². The van der Waals surface area contributed by atoms with Gasteiger partial charge in [-0.3, -0.25) is 0 Å².